The fourth-order valence-electron chi connectivity index (χ4n) is 2.80. The first kappa shape index (κ1) is 12.9. The maximum atomic E-state index is 11.0. The maximum absolute atomic E-state index is 11.0. The number of carbonyl (C=O) groups is 1. The second-order valence-corrected chi connectivity index (χ2v) is 5.33. The lowest BCUT2D eigenvalue weighted by molar-refractivity contribution is 0.0696. The maximum Gasteiger partial charge on any atom is 0.339 e. The second kappa shape index (κ2) is 5.11. The number of hydrogen-bond acceptors (Lipinski definition) is 3. The third-order valence-corrected chi connectivity index (χ3v) is 4.01. The van der Waals surface area contributed by atoms with E-state index in [9.17, 15) is 4.79 Å². The van der Waals surface area contributed by atoms with Crippen LogP contribution in [-0.2, 0) is 6.54 Å². The highest BCUT2D eigenvalue weighted by atomic mass is 16.4. The predicted molar refractivity (Wildman–Crippen MR) is 72.8 cm³/mol. The largest absolute Gasteiger partial charge is 0.478 e. The number of carboxylic acid groups (broad SMARTS) is 1. The van der Waals surface area contributed by atoms with E-state index in [1.54, 1.807) is 11.6 Å². The van der Waals surface area contributed by atoms with E-state index in [1.165, 1.54) is 31.9 Å². The van der Waals surface area contributed by atoms with Gasteiger partial charge in [-0.25, -0.2) is 4.79 Å². The first-order valence-electron chi connectivity index (χ1n) is 6.95. The Morgan fingerprint density at radius 2 is 2.20 bits per heavy atom. The van der Waals surface area contributed by atoms with Gasteiger partial charge in [0, 0.05) is 6.20 Å². The molecule has 106 valence electrons. The van der Waals surface area contributed by atoms with Gasteiger partial charge in [0.2, 0.25) is 0 Å². The molecular weight excluding hydrogens is 256 g/mol. The smallest absolute Gasteiger partial charge is 0.339 e. The van der Waals surface area contributed by atoms with Crippen LogP contribution in [0.3, 0.4) is 0 Å². The molecule has 2 aromatic heterocycles. The van der Waals surface area contributed by atoms with Crippen molar-refractivity contribution in [3.63, 3.8) is 0 Å². The summed E-state index contributed by atoms with van der Waals surface area (Å²) in [5.41, 5.74) is 1.83. The minimum atomic E-state index is -0.940. The highest BCUT2D eigenvalue weighted by Crippen LogP contribution is 2.28. The van der Waals surface area contributed by atoms with Crippen molar-refractivity contribution in [1.82, 2.24) is 19.6 Å². The number of hydrogen-bond donors (Lipinski definition) is 1. The topological polar surface area (TPSA) is 72.9 Å². The number of rotatable bonds is 4. The van der Waals surface area contributed by atoms with E-state index in [0.717, 1.165) is 5.69 Å². The Bertz CT molecular complexity index is 623. The fourth-order valence-corrected chi connectivity index (χ4v) is 2.80. The van der Waals surface area contributed by atoms with Gasteiger partial charge in [-0.15, -0.1) is 0 Å². The van der Waals surface area contributed by atoms with E-state index in [1.807, 2.05) is 16.9 Å². The standard InChI is InChI=1S/C14H18N4O2/c1-10-13(14(19)20)8-15-18(10)9-11-6-7-17(16-11)12-4-2-3-5-12/h6-8,12H,2-5,9H2,1H3,(H,19,20). The summed E-state index contributed by atoms with van der Waals surface area (Å²) in [6.07, 6.45) is 8.37. The molecule has 1 aliphatic rings. The molecule has 1 saturated carbocycles. The third-order valence-electron chi connectivity index (χ3n) is 4.01. The molecule has 0 atom stereocenters. The molecule has 0 radical (unpaired) electrons. The average Bonchev–Trinajstić information content (AvgIpc) is 3.12. The van der Waals surface area contributed by atoms with Crippen molar-refractivity contribution in [2.45, 2.75) is 45.2 Å². The molecule has 0 aliphatic heterocycles. The van der Waals surface area contributed by atoms with Gasteiger partial charge in [-0.2, -0.15) is 10.2 Å². The molecule has 0 amide bonds. The minimum Gasteiger partial charge on any atom is -0.478 e. The molecule has 0 aromatic carbocycles. The molecule has 3 rings (SSSR count). The molecule has 0 bridgehead atoms. The van der Waals surface area contributed by atoms with Crippen molar-refractivity contribution in [3.8, 4) is 0 Å². The average molecular weight is 274 g/mol. The van der Waals surface area contributed by atoms with Crippen molar-refractivity contribution in [2.24, 2.45) is 0 Å². The van der Waals surface area contributed by atoms with Crippen molar-refractivity contribution in [2.75, 3.05) is 0 Å². The van der Waals surface area contributed by atoms with Gasteiger partial charge in [-0.3, -0.25) is 9.36 Å². The summed E-state index contributed by atoms with van der Waals surface area (Å²) in [6.45, 7) is 2.28. The summed E-state index contributed by atoms with van der Waals surface area (Å²) < 4.78 is 3.73. The van der Waals surface area contributed by atoms with Gasteiger partial charge < -0.3 is 5.11 Å². The molecule has 0 unspecified atom stereocenters. The lowest BCUT2D eigenvalue weighted by Gasteiger charge is -2.09. The SMILES string of the molecule is Cc1c(C(=O)O)cnn1Cc1ccn(C2CCCC2)n1. The Kier molecular flexibility index (Phi) is 3.30. The van der Waals surface area contributed by atoms with Crippen molar-refractivity contribution < 1.29 is 9.90 Å². The fraction of sp³-hybridized carbons (Fsp3) is 0.500. The summed E-state index contributed by atoms with van der Waals surface area (Å²) in [5, 5.41) is 17.7. The highest BCUT2D eigenvalue weighted by Gasteiger charge is 2.18. The van der Waals surface area contributed by atoms with Gasteiger partial charge in [-0.1, -0.05) is 12.8 Å². The first-order valence-corrected chi connectivity index (χ1v) is 6.95. The molecule has 0 spiro atoms. The highest BCUT2D eigenvalue weighted by molar-refractivity contribution is 5.88. The monoisotopic (exact) mass is 274 g/mol. The van der Waals surface area contributed by atoms with Crippen LogP contribution >= 0.6 is 0 Å². The lowest BCUT2D eigenvalue weighted by Crippen LogP contribution is -2.09. The Morgan fingerprint density at radius 1 is 1.45 bits per heavy atom. The molecule has 1 fully saturated rings. The molecule has 6 heteroatoms. The number of nitrogens with zero attached hydrogens (tertiary/aromatic N) is 4. The quantitative estimate of drug-likeness (QED) is 0.928. The van der Waals surface area contributed by atoms with Gasteiger partial charge in [0.25, 0.3) is 0 Å². The molecule has 2 heterocycles. The third kappa shape index (κ3) is 2.33. The van der Waals surface area contributed by atoms with E-state index in [2.05, 4.69) is 10.2 Å². The molecule has 6 nitrogen and oxygen atoms in total. The Hall–Kier alpha value is -2.11. The molecule has 1 aliphatic carbocycles. The van der Waals surface area contributed by atoms with Gasteiger partial charge >= 0.3 is 5.97 Å². The van der Waals surface area contributed by atoms with Crippen LogP contribution < -0.4 is 0 Å². The summed E-state index contributed by atoms with van der Waals surface area (Å²) in [4.78, 5) is 11.0. The second-order valence-electron chi connectivity index (χ2n) is 5.33. The Labute approximate surface area is 117 Å². The van der Waals surface area contributed by atoms with Crippen LogP contribution in [0.15, 0.2) is 18.5 Å². The normalized spacial score (nSPS) is 15.8. The first-order chi connectivity index (χ1) is 9.65. The molecule has 20 heavy (non-hydrogen) atoms. The van der Waals surface area contributed by atoms with Crippen LogP contribution in [0, 0.1) is 6.92 Å². The van der Waals surface area contributed by atoms with Crippen LogP contribution in [0.2, 0.25) is 0 Å². The molecule has 0 saturated heterocycles. The van der Waals surface area contributed by atoms with Crippen molar-refractivity contribution in [3.05, 3.63) is 35.4 Å². The number of carboxylic acids is 1. The zero-order valence-electron chi connectivity index (χ0n) is 11.5. The van der Waals surface area contributed by atoms with Gasteiger partial charge in [0.05, 0.1) is 30.2 Å². The van der Waals surface area contributed by atoms with Crippen LogP contribution in [0.5, 0.6) is 0 Å². The minimum absolute atomic E-state index is 0.250. The van der Waals surface area contributed by atoms with E-state index >= 15 is 0 Å². The summed E-state index contributed by atoms with van der Waals surface area (Å²) in [6, 6.07) is 2.51. The number of aromatic carboxylic acids is 1. The summed E-state index contributed by atoms with van der Waals surface area (Å²) in [7, 11) is 0. The van der Waals surface area contributed by atoms with Crippen LogP contribution in [0.25, 0.3) is 0 Å². The van der Waals surface area contributed by atoms with Gasteiger partial charge in [-0.05, 0) is 25.8 Å². The zero-order valence-corrected chi connectivity index (χ0v) is 11.5. The molecule has 2 aromatic rings. The van der Waals surface area contributed by atoms with Crippen molar-refractivity contribution >= 4 is 5.97 Å². The van der Waals surface area contributed by atoms with Gasteiger partial charge in [0.15, 0.2) is 0 Å². The summed E-state index contributed by atoms with van der Waals surface area (Å²) in [5.74, 6) is -0.940. The van der Waals surface area contributed by atoms with Crippen LogP contribution in [0.4, 0.5) is 0 Å². The lowest BCUT2D eigenvalue weighted by atomic mass is 10.2. The molecule has 1 N–H and O–H groups in total. The van der Waals surface area contributed by atoms with Crippen LogP contribution in [0.1, 0.15) is 53.5 Å². The Morgan fingerprint density at radius 3 is 2.85 bits per heavy atom. The van der Waals surface area contributed by atoms with E-state index in [4.69, 9.17) is 5.11 Å². The zero-order chi connectivity index (χ0) is 14.1. The van der Waals surface area contributed by atoms with E-state index in [-0.39, 0.29) is 5.56 Å². The van der Waals surface area contributed by atoms with Crippen LogP contribution in [-0.4, -0.2) is 30.6 Å². The predicted octanol–water partition coefficient (Wildman–Crippen LogP) is 2.25. The van der Waals surface area contributed by atoms with E-state index in [0.29, 0.717) is 18.3 Å². The van der Waals surface area contributed by atoms with Crippen molar-refractivity contribution in [1.29, 1.82) is 0 Å². The van der Waals surface area contributed by atoms with E-state index < -0.39 is 5.97 Å². The van der Waals surface area contributed by atoms with Gasteiger partial charge in [0.1, 0.15) is 5.56 Å². The number of aromatic nitrogens is 4. The Balaban J connectivity index is 1.76. The summed E-state index contributed by atoms with van der Waals surface area (Å²) >= 11 is 0. The molecular formula is C14H18N4O2.